The summed E-state index contributed by atoms with van der Waals surface area (Å²) in [5.74, 6) is -0.880. The van der Waals surface area contributed by atoms with Crippen molar-refractivity contribution < 1.29 is 19.1 Å². The lowest BCUT2D eigenvalue weighted by molar-refractivity contribution is -0.141. The van der Waals surface area contributed by atoms with Gasteiger partial charge < -0.3 is 20.3 Å². The highest BCUT2D eigenvalue weighted by molar-refractivity contribution is 6.30. The lowest BCUT2D eigenvalue weighted by atomic mass is 9.76. The summed E-state index contributed by atoms with van der Waals surface area (Å²) in [6.45, 7) is 17.4. The fourth-order valence-electron chi connectivity index (χ4n) is 4.41. The Morgan fingerprint density at radius 3 is 2.03 bits per heavy atom. The highest BCUT2D eigenvalue weighted by Crippen LogP contribution is 2.30. The summed E-state index contributed by atoms with van der Waals surface area (Å²) in [5.41, 5.74) is 0.240. The Balaban J connectivity index is 3.30. The number of benzene rings is 1. The first kappa shape index (κ1) is 32.6. The third-order valence-electron chi connectivity index (χ3n) is 6.76. The molecule has 0 bridgehead atoms. The number of likely N-dealkylation sites (N-methyl/N-ethyl adjacent to an activating group) is 2. The van der Waals surface area contributed by atoms with E-state index in [9.17, 15) is 14.4 Å². The highest BCUT2D eigenvalue weighted by atomic mass is 35.5. The van der Waals surface area contributed by atoms with Crippen LogP contribution < -0.4 is 10.6 Å². The van der Waals surface area contributed by atoms with Crippen LogP contribution in [-0.2, 0) is 24.5 Å². The number of nitrogens with one attached hydrogen (secondary N) is 2. The van der Waals surface area contributed by atoms with Crippen LogP contribution in [0.4, 0.5) is 0 Å². The summed E-state index contributed by atoms with van der Waals surface area (Å²) in [6.07, 6.45) is 1.77. The molecule has 1 aromatic carbocycles. The van der Waals surface area contributed by atoms with Gasteiger partial charge >= 0.3 is 5.97 Å². The maximum atomic E-state index is 13.8. The van der Waals surface area contributed by atoms with Gasteiger partial charge in [0.05, 0.1) is 18.7 Å². The summed E-state index contributed by atoms with van der Waals surface area (Å²) in [4.78, 5) is 41.3. The average molecular weight is 536 g/mol. The van der Waals surface area contributed by atoms with Crippen molar-refractivity contribution in [3.63, 3.8) is 0 Å². The van der Waals surface area contributed by atoms with Crippen LogP contribution in [0.3, 0.4) is 0 Å². The number of carbonyl (C=O) groups excluding carboxylic acids is 3. The molecule has 0 saturated heterocycles. The molecule has 8 heteroatoms. The molecule has 0 aliphatic rings. The predicted molar refractivity (Wildman–Crippen MR) is 150 cm³/mol. The number of ether oxygens (including phenoxy) is 1. The van der Waals surface area contributed by atoms with Crippen molar-refractivity contribution in [2.45, 2.75) is 85.9 Å². The Morgan fingerprint density at radius 1 is 1.05 bits per heavy atom. The maximum absolute atomic E-state index is 13.8. The number of halogens is 1. The molecule has 37 heavy (non-hydrogen) atoms. The molecular weight excluding hydrogens is 490 g/mol. The van der Waals surface area contributed by atoms with Crippen molar-refractivity contribution in [1.29, 1.82) is 0 Å². The molecule has 0 heterocycles. The molecule has 1 aromatic rings. The molecule has 0 spiro atoms. The Kier molecular flexibility index (Phi) is 11.8. The largest absolute Gasteiger partial charge is 0.463 e. The predicted octanol–water partition coefficient (Wildman–Crippen LogP) is 4.73. The number of rotatable bonds is 11. The van der Waals surface area contributed by atoms with Crippen molar-refractivity contribution in [3.05, 3.63) is 46.5 Å². The van der Waals surface area contributed by atoms with Crippen molar-refractivity contribution in [2.75, 3.05) is 20.7 Å². The minimum absolute atomic E-state index is 0.0311. The molecule has 2 amide bonds. The van der Waals surface area contributed by atoms with Gasteiger partial charge in [-0.25, -0.2) is 4.79 Å². The molecule has 208 valence electrons. The maximum Gasteiger partial charge on any atom is 0.333 e. The van der Waals surface area contributed by atoms with E-state index in [2.05, 4.69) is 10.6 Å². The van der Waals surface area contributed by atoms with Gasteiger partial charge in [-0.05, 0) is 49.9 Å². The van der Waals surface area contributed by atoms with Gasteiger partial charge in [0.1, 0.15) is 6.04 Å². The van der Waals surface area contributed by atoms with Gasteiger partial charge in [0.2, 0.25) is 11.8 Å². The van der Waals surface area contributed by atoms with Crippen LogP contribution in [-0.4, -0.2) is 61.5 Å². The quantitative estimate of drug-likeness (QED) is 0.316. The summed E-state index contributed by atoms with van der Waals surface area (Å²) in [7, 11) is 3.44. The van der Waals surface area contributed by atoms with E-state index in [0.717, 1.165) is 5.56 Å². The van der Waals surface area contributed by atoms with Gasteiger partial charge in [0, 0.05) is 23.1 Å². The molecule has 3 atom stereocenters. The summed E-state index contributed by atoms with van der Waals surface area (Å²) >= 11 is 6.07. The number of carbonyl (C=O) groups is 3. The molecule has 1 rings (SSSR count). The van der Waals surface area contributed by atoms with Gasteiger partial charge in [0.15, 0.2) is 0 Å². The minimum atomic E-state index is -0.792. The zero-order chi connectivity index (χ0) is 28.7. The average Bonchev–Trinajstić information content (AvgIpc) is 2.79. The Hall–Kier alpha value is -2.38. The normalized spacial score (nSPS) is 15.1. The van der Waals surface area contributed by atoms with Gasteiger partial charge in [-0.2, -0.15) is 0 Å². The van der Waals surface area contributed by atoms with E-state index in [-0.39, 0.29) is 30.4 Å². The fraction of sp³-hybridized carbons (Fsp3) is 0.621. The first-order chi connectivity index (χ1) is 17.0. The van der Waals surface area contributed by atoms with E-state index in [1.807, 2.05) is 60.6 Å². The number of hydrogen-bond donors (Lipinski definition) is 2. The van der Waals surface area contributed by atoms with Crippen LogP contribution >= 0.6 is 11.6 Å². The van der Waals surface area contributed by atoms with Gasteiger partial charge in [-0.3, -0.25) is 9.59 Å². The molecule has 0 radical (unpaired) electrons. The lowest BCUT2D eigenvalue weighted by Gasteiger charge is -2.40. The van der Waals surface area contributed by atoms with Crippen LogP contribution in [0.5, 0.6) is 0 Å². The molecule has 2 N–H and O–H groups in total. The first-order valence-electron chi connectivity index (χ1n) is 12.8. The van der Waals surface area contributed by atoms with Gasteiger partial charge in [-0.1, -0.05) is 78.3 Å². The van der Waals surface area contributed by atoms with E-state index in [0.29, 0.717) is 10.6 Å². The van der Waals surface area contributed by atoms with E-state index in [1.165, 1.54) is 0 Å². The van der Waals surface area contributed by atoms with E-state index in [4.69, 9.17) is 16.3 Å². The third kappa shape index (κ3) is 8.57. The Labute approximate surface area is 228 Å². The Morgan fingerprint density at radius 2 is 1.59 bits per heavy atom. The lowest BCUT2D eigenvalue weighted by Crippen LogP contribution is -2.61. The van der Waals surface area contributed by atoms with Crippen LogP contribution in [0, 0.1) is 11.3 Å². The van der Waals surface area contributed by atoms with Crippen LogP contribution in [0.15, 0.2) is 35.9 Å². The molecule has 1 unspecified atom stereocenters. The molecule has 7 nitrogen and oxygen atoms in total. The number of amides is 2. The van der Waals surface area contributed by atoms with Crippen molar-refractivity contribution in [2.24, 2.45) is 11.3 Å². The summed E-state index contributed by atoms with van der Waals surface area (Å²) in [5, 5.41) is 6.80. The fourth-order valence-corrected chi connectivity index (χ4v) is 4.54. The second kappa shape index (κ2) is 13.4. The van der Waals surface area contributed by atoms with Crippen LogP contribution in [0.2, 0.25) is 5.02 Å². The van der Waals surface area contributed by atoms with E-state index < -0.39 is 28.9 Å². The van der Waals surface area contributed by atoms with Crippen molar-refractivity contribution in [3.8, 4) is 0 Å². The second-order valence-corrected chi connectivity index (χ2v) is 11.9. The van der Waals surface area contributed by atoms with Crippen molar-refractivity contribution in [1.82, 2.24) is 15.5 Å². The monoisotopic (exact) mass is 535 g/mol. The minimum Gasteiger partial charge on any atom is -0.463 e. The molecule has 0 saturated carbocycles. The van der Waals surface area contributed by atoms with Crippen LogP contribution in [0.1, 0.15) is 67.9 Å². The van der Waals surface area contributed by atoms with E-state index >= 15 is 0 Å². The molecule has 0 aliphatic carbocycles. The standard InChI is InChI=1S/C29H46ClN3O4/c1-12-37-27(36)19(4)17-22(18(2)3)33(11)26(35)24(28(5,6)7)32-25(34)23(31-10)29(8,9)20-13-15-21(30)16-14-20/h13-18,22-24,31H,12H2,1-11H3,(H,32,34)/t22-,23-,24?/m1/s1. The molecule has 0 aromatic heterocycles. The smallest absolute Gasteiger partial charge is 0.333 e. The SMILES string of the molecule is CCOC(=O)C(C)=C[C@H](C(C)C)N(C)C(=O)C(NC(=O)[C@@H](NC)C(C)(C)c1ccc(Cl)cc1)C(C)(C)C. The number of esters is 1. The molecule has 0 aliphatic heterocycles. The van der Waals surface area contributed by atoms with Crippen LogP contribution in [0.25, 0.3) is 0 Å². The molecular formula is C29H46ClN3O4. The molecule has 0 fully saturated rings. The van der Waals surface area contributed by atoms with E-state index in [1.54, 1.807) is 51.1 Å². The first-order valence-corrected chi connectivity index (χ1v) is 13.2. The second-order valence-electron chi connectivity index (χ2n) is 11.5. The summed E-state index contributed by atoms with van der Waals surface area (Å²) < 4.78 is 5.11. The van der Waals surface area contributed by atoms with Gasteiger partial charge in [-0.15, -0.1) is 0 Å². The zero-order valence-electron chi connectivity index (χ0n) is 24.4. The zero-order valence-corrected chi connectivity index (χ0v) is 25.1. The number of hydrogen-bond acceptors (Lipinski definition) is 5. The van der Waals surface area contributed by atoms with Crippen molar-refractivity contribution >= 4 is 29.4 Å². The van der Waals surface area contributed by atoms with Gasteiger partial charge in [0.25, 0.3) is 0 Å². The third-order valence-corrected chi connectivity index (χ3v) is 7.01. The Bertz CT molecular complexity index is 964. The topological polar surface area (TPSA) is 87.7 Å². The highest BCUT2D eigenvalue weighted by Gasteiger charge is 2.41. The number of nitrogens with zero attached hydrogens (tertiary/aromatic N) is 1. The summed E-state index contributed by atoms with van der Waals surface area (Å²) in [6, 6.07) is 5.67.